The standard InChI is InChI=1S/C31H36N7O6P/c1-21(38(25-10-6-3-7-11-25)42-17-16-22-8-4-2-5-9-22)30(39)44-45(40,41)43-19-23-12-15-26(18-23)37-20-33-27-28(34-24-13-14-24)35-31(32)36-29(27)37/h2-12,15,20-21,23-24,26H,13-14,16-19H2,1H3,(H,40,41)(H3,32,34,35,36)/t21-,23+,26-/m0/s1. The molecular weight excluding hydrogens is 597 g/mol. The van der Waals surface area contributed by atoms with Crippen LogP contribution >= 0.6 is 7.82 Å². The smallest absolute Gasteiger partial charge is 0.369 e. The van der Waals surface area contributed by atoms with Crippen molar-refractivity contribution in [3.8, 4) is 0 Å². The molecule has 1 saturated carbocycles. The van der Waals surface area contributed by atoms with Gasteiger partial charge in [-0.3, -0.25) is 14.3 Å². The topological polar surface area (TPSA) is 167 Å². The number of fused-ring (bicyclic) bond motifs is 1. The predicted molar refractivity (Wildman–Crippen MR) is 169 cm³/mol. The van der Waals surface area contributed by atoms with Crippen LogP contribution in [0.3, 0.4) is 0 Å². The Hall–Kier alpha value is -4.29. The van der Waals surface area contributed by atoms with Crippen molar-refractivity contribution in [3.05, 3.63) is 84.7 Å². The molecule has 0 aliphatic heterocycles. The van der Waals surface area contributed by atoms with Gasteiger partial charge < -0.3 is 20.1 Å². The largest absolute Gasteiger partial charge is 0.529 e. The second kappa shape index (κ2) is 13.4. The third kappa shape index (κ3) is 7.69. The van der Waals surface area contributed by atoms with Crippen LogP contribution in [0.1, 0.15) is 37.8 Å². The number of phosphoric acid groups is 1. The van der Waals surface area contributed by atoms with Crippen molar-refractivity contribution in [2.75, 3.05) is 29.3 Å². The maximum absolute atomic E-state index is 13.1. The summed E-state index contributed by atoms with van der Waals surface area (Å²) in [4.78, 5) is 42.7. The van der Waals surface area contributed by atoms with E-state index < -0.39 is 19.8 Å². The van der Waals surface area contributed by atoms with Gasteiger partial charge >= 0.3 is 13.8 Å². The molecule has 45 heavy (non-hydrogen) atoms. The highest BCUT2D eigenvalue weighted by molar-refractivity contribution is 7.48. The van der Waals surface area contributed by atoms with Gasteiger partial charge in [0.2, 0.25) is 5.95 Å². The van der Waals surface area contributed by atoms with Crippen molar-refractivity contribution in [3.63, 3.8) is 0 Å². The minimum Gasteiger partial charge on any atom is -0.369 e. The molecule has 4 aromatic rings. The summed E-state index contributed by atoms with van der Waals surface area (Å²) >= 11 is 0. The zero-order valence-corrected chi connectivity index (χ0v) is 25.7. The van der Waals surface area contributed by atoms with E-state index in [1.54, 1.807) is 25.4 Å². The number of aromatic nitrogens is 4. The Kier molecular flexibility index (Phi) is 9.13. The quantitative estimate of drug-likeness (QED) is 0.0985. The van der Waals surface area contributed by atoms with Gasteiger partial charge in [0.1, 0.15) is 0 Å². The Morgan fingerprint density at radius 3 is 2.60 bits per heavy atom. The van der Waals surface area contributed by atoms with Crippen molar-refractivity contribution in [1.82, 2.24) is 19.5 Å². The molecule has 2 aromatic heterocycles. The first-order valence-electron chi connectivity index (χ1n) is 14.9. The molecule has 6 rings (SSSR count). The Morgan fingerprint density at radius 2 is 1.87 bits per heavy atom. The minimum absolute atomic E-state index is 0.125. The van der Waals surface area contributed by atoms with Crippen molar-refractivity contribution < 1.29 is 28.1 Å². The van der Waals surface area contributed by atoms with Crippen LogP contribution in [0.15, 0.2) is 79.1 Å². The number of benzene rings is 2. The van der Waals surface area contributed by atoms with Gasteiger partial charge in [-0.25, -0.2) is 19.4 Å². The average molecular weight is 634 g/mol. The van der Waals surface area contributed by atoms with Crippen LogP contribution in [0.4, 0.5) is 17.5 Å². The van der Waals surface area contributed by atoms with E-state index in [4.69, 9.17) is 19.6 Å². The molecule has 2 aliphatic carbocycles. The molecule has 4 N–H and O–H groups in total. The number of nitrogens with two attached hydrogens (primary N) is 1. The van der Waals surface area contributed by atoms with Gasteiger partial charge in [0.15, 0.2) is 23.0 Å². The first kappa shape index (κ1) is 30.7. The van der Waals surface area contributed by atoms with E-state index >= 15 is 0 Å². The Labute approximate surface area is 260 Å². The molecule has 1 fully saturated rings. The number of imidazole rings is 1. The van der Waals surface area contributed by atoms with Crippen LogP contribution in [-0.4, -0.2) is 55.7 Å². The molecular formula is C31H36N7O6P. The SMILES string of the molecule is C[C@@H](C(=O)OP(=O)(O)OC[C@@H]1C=C[C@H](n2cnc3c(NC4CC4)nc(N)nc32)C1)N(OCCc1ccccc1)c1ccccc1. The number of allylic oxidation sites excluding steroid dienone is 1. The van der Waals surface area contributed by atoms with Gasteiger partial charge in [-0.15, -0.1) is 0 Å². The minimum atomic E-state index is -4.73. The van der Waals surface area contributed by atoms with Crippen LogP contribution in [0.25, 0.3) is 11.2 Å². The summed E-state index contributed by atoms with van der Waals surface area (Å²) in [5.41, 5.74) is 8.89. The normalized spacial score (nSPS) is 19.7. The molecule has 1 unspecified atom stereocenters. The van der Waals surface area contributed by atoms with Crippen LogP contribution in [0, 0.1) is 5.92 Å². The molecule has 13 nitrogen and oxygen atoms in total. The Bertz CT molecular complexity index is 1700. The van der Waals surface area contributed by atoms with Gasteiger partial charge in [-0.05, 0) is 50.3 Å². The number of carbonyl (C=O) groups excluding carboxylic acids is 1. The van der Waals surface area contributed by atoms with E-state index in [2.05, 4.69) is 20.3 Å². The van der Waals surface area contributed by atoms with Crippen LogP contribution in [0.5, 0.6) is 0 Å². The zero-order chi connectivity index (χ0) is 31.4. The Balaban J connectivity index is 1.04. The molecule has 2 aromatic carbocycles. The molecule has 0 spiro atoms. The van der Waals surface area contributed by atoms with E-state index in [-0.39, 0.29) is 31.1 Å². The van der Waals surface area contributed by atoms with Crippen LogP contribution in [0.2, 0.25) is 0 Å². The number of hydrogen-bond acceptors (Lipinski definition) is 11. The van der Waals surface area contributed by atoms with Crippen LogP contribution < -0.4 is 16.1 Å². The maximum atomic E-state index is 13.1. The number of nitrogens with zero attached hydrogens (tertiary/aromatic N) is 5. The first-order chi connectivity index (χ1) is 21.8. The molecule has 2 aliphatic rings. The summed E-state index contributed by atoms with van der Waals surface area (Å²) < 4.78 is 25.0. The maximum Gasteiger partial charge on any atom is 0.529 e. The lowest BCUT2D eigenvalue weighted by molar-refractivity contribution is -0.139. The number of nitrogens with one attached hydrogen (secondary N) is 1. The van der Waals surface area contributed by atoms with E-state index in [1.807, 2.05) is 65.3 Å². The second-order valence-corrected chi connectivity index (χ2v) is 12.6. The molecule has 0 saturated heterocycles. The lowest BCUT2D eigenvalue weighted by atomic mass is 10.1. The lowest BCUT2D eigenvalue weighted by Crippen LogP contribution is -2.40. The molecule has 14 heteroatoms. The summed E-state index contributed by atoms with van der Waals surface area (Å²) in [7, 11) is -4.73. The number of para-hydroxylation sites is 1. The zero-order valence-electron chi connectivity index (χ0n) is 24.8. The van der Waals surface area contributed by atoms with Gasteiger partial charge in [0.25, 0.3) is 0 Å². The molecule has 236 valence electrons. The first-order valence-corrected chi connectivity index (χ1v) is 16.4. The molecule has 0 amide bonds. The summed E-state index contributed by atoms with van der Waals surface area (Å²) in [6.07, 6.45) is 8.87. The van der Waals surface area contributed by atoms with Gasteiger partial charge in [-0.1, -0.05) is 60.7 Å². The summed E-state index contributed by atoms with van der Waals surface area (Å²) in [6, 6.07) is 18.0. The average Bonchev–Trinajstić information content (AvgIpc) is 3.55. The summed E-state index contributed by atoms with van der Waals surface area (Å²) in [5, 5.41) is 4.73. The number of hydrogen-bond donors (Lipinski definition) is 3. The highest BCUT2D eigenvalue weighted by Crippen LogP contribution is 2.45. The van der Waals surface area contributed by atoms with E-state index in [0.29, 0.717) is 41.6 Å². The number of nitrogen functional groups attached to an aromatic ring is 1. The fraction of sp³-hybridized carbons (Fsp3) is 0.355. The van der Waals surface area contributed by atoms with Crippen molar-refractivity contribution in [2.45, 2.75) is 50.7 Å². The van der Waals surface area contributed by atoms with Crippen molar-refractivity contribution in [2.24, 2.45) is 5.92 Å². The fourth-order valence-electron chi connectivity index (χ4n) is 5.17. The van der Waals surface area contributed by atoms with Gasteiger partial charge in [-0.2, -0.15) is 9.97 Å². The van der Waals surface area contributed by atoms with E-state index in [0.717, 1.165) is 18.4 Å². The van der Waals surface area contributed by atoms with Crippen LogP contribution in [-0.2, 0) is 29.7 Å². The van der Waals surface area contributed by atoms with Gasteiger partial charge in [0, 0.05) is 12.0 Å². The monoisotopic (exact) mass is 633 g/mol. The third-order valence-corrected chi connectivity index (χ3v) is 8.57. The summed E-state index contributed by atoms with van der Waals surface area (Å²) in [5.74, 6) is -0.402. The number of rotatable bonds is 14. The van der Waals surface area contributed by atoms with E-state index in [9.17, 15) is 14.3 Å². The molecule has 0 bridgehead atoms. The number of carbonyl (C=O) groups is 1. The van der Waals surface area contributed by atoms with Crippen molar-refractivity contribution >= 4 is 42.4 Å². The number of anilines is 3. The predicted octanol–water partition coefficient (Wildman–Crippen LogP) is 4.83. The lowest BCUT2D eigenvalue weighted by Gasteiger charge is -2.29. The highest BCUT2D eigenvalue weighted by atomic mass is 31.2. The fourth-order valence-corrected chi connectivity index (χ4v) is 5.99. The number of hydroxylamine groups is 1. The molecule has 4 atom stereocenters. The summed E-state index contributed by atoms with van der Waals surface area (Å²) in [6.45, 7) is 1.69. The van der Waals surface area contributed by atoms with Gasteiger partial charge in [0.05, 0.1) is 31.3 Å². The number of phosphoric ester groups is 1. The highest BCUT2D eigenvalue weighted by Gasteiger charge is 2.34. The Morgan fingerprint density at radius 1 is 1.13 bits per heavy atom. The van der Waals surface area contributed by atoms with E-state index in [1.165, 1.54) is 5.06 Å². The second-order valence-electron chi connectivity index (χ2n) is 11.2. The molecule has 2 heterocycles. The molecule has 0 radical (unpaired) electrons. The third-order valence-electron chi connectivity index (χ3n) is 7.69. The van der Waals surface area contributed by atoms with Crippen molar-refractivity contribution in [1.29, 1.82) is 0 Å².